The average molecular weight is 591 g/mol. The first-order valence-corrected chi connectivity index (χ1v) is 15.3. The van der Waals surface area contributed by atoms with Gasteiger partial charge in [-0.3, -0.25) is 19.4 Å². The zero-order valence-electron chi connectivity index (χ0n) is 23.3. The first kappa shape index (κ1) is 30.5. The molecule has 3 aromatic heterocycles. The zero-order valence-corrected chi connectivity index (χ0v) is 24.9. The van der Waals surface area contributed by atoms with Crippen LogP contribution in [0.15, 0.2) is 88.1 Å². The predicted octanol–water partition coefficient (Wildman–Crippen LogP) is 6.14. The number of rotatable bonds is 15. The van der Waals surface area contributed by atoms with E-state index in [-0.39, 0.29) is 16.9 Å². The van der Waals surface area contributed by atoms with Gasteiger partial charge in [-0.15, -0.1) is 0 Å². The third-order valence-corrected chi connectivity index (χ3v) is 8.26. The van der Waals surface area contributed by atoms with Crippen LogP contribution in [0.5, 0.6) is 0 Å². The Bertz CT molecular complexity index is 1550. The molecule has 0 aliphatic heterocycles. The normalized spacial score (nSPS) is 11.1. The number of hydrogen-bond donors (Lipinski definition) is 0. The number of ketones is 1. The fourth-order valence-corrected chi connectivity index (χ4v) is 5.61. The summed E-state index contributed by atoms with van der Waals surface area (Å²) in [6.45, 7) is 0.685. The largest absolute Gasteiger partial charge is 0.327 e. The number of halogens is 1. The Morgan fingerprint density at radius 1 is 0.927 bits per heavy atom. The molecule has 4 rings (SSSR count). The van der Waals surface area contributed by atoms with E-state index in [9.17, 15) is 14.4 Å². The van der Waals surface area contributed by atoms with Crippen molar-refractivity contribution >= 4 is 29.1 Å². The van der Waals surface area contributed by atoms with Gasteiger partial charge in [0.05, 0.1) is 0 Å². The van der Waals surface area contributed by atoms with Crippen molar-refractivity contribution in [1.29, 1.82) is 0 Å². The minimum atomic E-state index is -0.251. The highest BCUT2D eigenvalue weighted by Gasteiger charge is 2.11. The molecule has 0 saturated carbocycles. The molecule has 0 radical (unpaired) electrons. The number of aromatic nitrogens is 4. The van der Waals surface area contributed by atoms with Gasteiger partial charge in [0.1, 0.15) is 0 Å². The standard InChI is InChI=1S/C32H35ClN4O3S/c1-36-18-14-25(22-30(36)39)21-27-23-37(19-15-24-12-16-34-17-13-24)32(35-31(27)40)41-20-6-4-2-3-5-7-29(38)26-8-10-28(33)11-9-26/h8-14,16-18,22-23H,2-7,15,19-21H2,1H3. The third-order valence-electron chi connectivity index (χ3n) is 6.93. The fourth-order valence-electron chi connectivity index (χ4n) is 4.50. The van der Waals surface area contributed by atoms with Gasteiger partial charge in [0.2, 0.25) is 0 Å². The van der Waals surface area contributed by atoms with E-state index in [2.05, 4.69) is 14.5 Å². The van der Waals surface area contributed by atoms with Crippen LogP contribution in [0.1, 0.15) is 65.6 Å². The molecule has 0 unspecified atom stereocenters. The lowest BCUT2D eigenvalue weighted by molar-refractivity contribution is 0.0979. The molecule has 7 nitrogen and oxygen atoms in total. The monoisotopic (exact) mass is 590 g/mol. The van der Waals surface area contributed by atoms with Gasteiger partial charge < -0.3 is 9.13 Å². The minimum Gasteiger partial charge on any atom is -0.327 e. The van der Waals surface area contributed by atoms with Crippen LogP contribution in [-0.4, -0.2) is 30.6 Å². The van der Waals surface area contributed by atoms with Crippen molar-refractivity contribution in [2.75, 3.05) is 5.75 Å². The summed E-state index contributed by atoms with van der Waals surface area (Å²) in [4.78, 5) is 45.9. The smallest absolute Gasteiger partial charge is 0.277 e. The van der Waals surface area contributed by atoms with Gasteiger partial charge in [-0.25, -0.2) is 0 Å². The number of nitrogens with zero attached hydrogens (tertiary/aromatic N) is 4. The predicted molar refractivity (Wildman–Crippen MR) is 165 cm³/mol. The molecule has 1 aromatic carbocycles. The highest BCUT2D eigenvalue weighted by atomic mass is 35.5. The summed E-state index contributed by atoms with van der Waals surface area (Å²) in [5.74, 6) is 1.02. The first-order chi connectivity index (χ1) is 19.9. The minimum absolute atomic E-state index is 0.103. The van der Waals surface area contributed by atoms with E-state index in [0.29, 0.717) is 40.7 Å². The van der Waals surface area contributed by atoms with Crippen molar-refractivity contribution < 1.29 is 4.79 Å². The maximum Gasteiger partial charge on any atom is 0.277 e. The van der Waals surface area contributed by atoms with Gasteiger partial charge in [0, 0.05) is 79.2 Å². The molecule has 0 saturated heterocycles. The van der Waals surface area contributed by atoms with E-state index in [4.69, 9.17) is 11.6 Å². The summed E-state index contributed by atoms with van der Waals surface area (Å²) in [6, 6.07) is 14.5. The van der Waals surface area contributed by atoms with Crippen molar-refractivity contribution in [3.8, 4) is 0 Å². The van der Waals surface area contributed by atoms with Gasteiger partial charge in [0.15, 0.2) is 10.9 Å². The number of hydrogen-bond acceptors (Lipinski definition) is 6. The van der Waals surface area contributed by atoms with Gasteiger partial charge >= 0.3 is 0 Å². The summed E-state index contributed by atoms with van der Waals surface area (Å²) in [5.41, 5.74) is 2.89. The molecule has 0 aliphatic carbocycles. The van der Waals surface area contributed by atoms with E-state index >= 15 is 0 Å². The Morgan fingerprint density at radius 3 is 2.41 bits per heavy atom. The number of benzene rings is 1. The second-order valence-electron chi connectivity index (χ2n) is 10.1. The molecular weight excluding hydrogens is 556 g/mol. The maximum absolute atomic E-state index is 12.9. The van der Waals surface area contributed by atoms with E-state index in [1.807, 2.05) is 24.4 Å². The molecule has 9 heteroatoms. The molecule has 0 atom stereocenters. The van der Waals surface area contributed by atoms with Crippen LogP contribution in [0, 0.1) is 0 Å². The lowest BCUT2D eigenvalue weighted by atomic mass is 10.0. The van der Waals surface area contributed by atoms with Crippen molar-refractivity contribution in [1.82, 2.24) is 19.1 Å². The van der Waals surface area contributed by atoms with E-state index < -0.39 is 0 Å². The molecule has 4 aromatic rings. The number of aryl methyl sites for hydroxylation is 3. The Morgan fingerprint density at radius 2 is 1.66 bits per heavy atom. The number of carbonyl (C=O) groups is 1. The summed E-state index contributed by atoms with van der Waals surface area (Å²) >= 11 is 7.50. The third kappa shape index (κ3) is 9.54. The Labute approximate surface area is 249 Å². The van der Waals surface area contributed by atoms with Gasteiger partial charge in [-0.1, -0.05) is 42.6 Å². The quantitative estimate of drug-likeness (QED) is 0.0715. The number of thioether (sulfide) groups is 1. The van der Waals surface area contributed by atoms with Crippen LogP contribution < -0.4 is 11.1 Å². The number of unbranched alkanes of at least 4 members (excludes halogenated alkanes) is 4. The molecular formula is C32H35ClN4O3S. The van der Waals surface area contributed by atoms with Crippen LogP contribution in [-0.2, 0) is 26.4 Å². The highest BCUT2D eigenvalue weighted by Crippen LogP contribution is 2.20. The average Bonchev–Trinajstić information content (AvgIpc) is 2.97. The van der Waals surface area contributed by atoms with E-state index in [0.717, 1.165) is 55.4 Å². The molecule has 0 spiro atoms. The second-order valence-corrected chi connectivity index (χ2v) is 11.6. The van der Waals surface area contributed by atoms with Crippen LogP contribution in [0.25, 0.3) is 0 Å². The Kier molecular flexibility index (Phi) is 11.5. The molecule has 0 fully saturated rings. The summed E-state index contributed by atoms with van der Waals surface area (Å²) < 4.78 is 3.57. The molecule has 0 amide bonds. The number of carbonyl (C=O) groups excluding carboxylic acids is 1. The summed E-state index contributed by atoms with van der Waals surface area (Å²) in [6.07, 6.45) is 13.9. The molecule has 214 valence electrons. The van der Waals surface area contributed by atoms with Gasteiger partial charge in [0.25, 0.3) is 11.1 Å². The summed E-state index contributed by atoms with van der Waals surface area (Å²) in [7, 11) is 1.70. The highest BCUT2D eigenvalue weighted by molar-refractivity contribution is 7.99. The van der Waals surface area contributed by atoms with Gasteiger partial charge in [-0.2, -0.15) is 4.98 Å². The Balaban J connectivity index is 1.30. The van der Waals surface area contributed by atoms with Crippen LogP contribution in [0.2, 0.25) is 5.02 Å². The molecule has 0 bridgehead atoms. The zero-order chi connectivity index (χ0) is 29.0. The Hall–Kier alpha value is -3.49. The van der Waals surface area contributed by atoms with E-state index in [1.165, 1.54) is 4.57 Å². The number of pyridine rings is 2. The van der Waals surface area contributed by atoms with Crippen molar-refractivity contribution in [3.05, 3.63) is 121 Å². The fraction of sp³-hybridized carbons (Fsp3) is 0.344. The molecule has 41 heavy (non-hydrogen) atoms. The van der Waals surface area contributed by atoms with Crippen molar-refractivity contribution in [3.63, 3.8) is 0 Å². The van der Waals surface area contributed by atoms with Crippen LogP contribution >= 0.6 is 23.4 Å². The first-order valence-electron chi connectivity index (χ1n) is 14.0. The van der Waals surface area contributed by atoms with Crippen LogP contribution in [0.4, 0.5) is 0 Å². The molecule has 0 aliphatic rings. The second kappa shape index (κ2) is 15.5. The van der Waals surface area contributed by atoms with Crippen molar-refractivity contribution in [2.24, 2.45) is 7.05 Å². The van der Waals surface area contributed by atoms with Crippen LogP contribution in [0.3, 0.4) is 0 Å². The van der Waals surface area contributed by atoms with Gasteiger partial charge in [-0.05, 0) is 72.9 Å². The SMILES string of the molecule is Cn1ccc(Cc2cn(CCc3ccncc3)c(SCCCCCCCC(=O)c3ccc(Cl)cc3)nc2=O)cc1=O. The topological polar surface area (TPSA) is 86.8 Å². The van der Waals surface area contributed by atoms with E-state index in [1.54, 1.807) is 67.7 Å². The number of Topliss-reactive ketones (excluding diaryl/α,β-unsaturated/α-hetero) is 1. The maximum atomic E-state index is 12.9. The van der Waals surface area contributed by atoms with Crippen molar-refractivity contribution in [2.45, 2.75) is 63.1 Å². The molecule has 0 N–H and O–H groups in total. The summed E-state index contributed by atoms with van der Waals surface area (Å²) in [5, 5.41) is 1.35. The lowest BCUT2D eigenvalue weighted by Crippen LogP contribution is -2.21. The molecule has 3 heterocycles. The lowest BCUT2D eigenvalue weighted by Gasteiger charge is -2.14.